The number of fused-ring (bicyclic) bond motifs is 1. The summed E-state index contributed by atoms with van der Waals surface area (Å²) in [6, 6.07) is 12.1. The molecule has 3 aromatic rings. The molecule has 128 valence electrons. The minimum atomic E-state index is -0.496. The van der Waals surface area contributed by atoms with Gasteiger partial charge in [-0.1, -0.05) is 18.2 Å². The summed E-state index contributed by atoms with van der Waals surface area (Å²) in [7, 11) is 1.45. The quantitative estimate of drug-likeness (QED) is 0.671. The monoisotopic (exact) mass is 353 g/mol. The first kappa shape index (κ1) is 16.0. The Bertz CT molecular complexity index is 926. The van der Waals surface area contributed by atoms with E-state index in [1.165, 1.54) is 7.11 Å². The first-order chi connectivity index (χ1) is 12.1. The van der Waals surface area contributed by atoms with Crippen molar-refractivity contribution < 1.29 is 9.53 Å². The number of ether oxygens (including phenoxy) is 1. The SMILES string of the molecule is COC(=O)C1(C)CCN(c2nc(-c3cccs3)nc3ccccc23)C1. The molecule has 0 spiro atoms. The molecule has 1 fully saturated rings. The lowest BCUT2D eigenvalue weighted by atomic mass is 9.90. The van der Waals surface area contributed by atoms with Crippen LogP contribution in [0.5, 0.6) is 0 Å². The van der Waals surface area contributed by atoms with Crippen LogP contribution in [0.4, 0.5) is 5.82 Å². The molecule has 1 aliphatic rings. The van der Waals surface area contributed by atoms with Gasteiger partial charge in [0, 0.05) is 18.5 Å². The second-order valence-corrected chi connectivity index (χ2v) is 7.54. The van der Waals surface area contributed by atoms with Crippen LogP contribution in [0.3, 0.4) is 0 Å². The number of carbonyl (C=O) groups excluding carboxylic acids is 1. The summed E-state index contributed by atoms with van der Waals surface area (Å²) in [6.45, 7) is 3.34. The zero-order valence-corrected chi connectivity index (χ0v) is 15.0. The van der Waals surface area contributed by atoms with E-state index in [0.717, 1.165) is 40.4 Å². The maximum Gasteiger partial charge on any atom is 0.313 e. The van der Waals surface area contributed by atoms with E-state index in [1.807, 2.05) is 48.7 Å². The molecular formula is C19H19N3O2S. The van der Waals surface area contributed by atoms with Crippen LogP contribution in [-0.4, -0.2) is 36.1 Å². The molecule has 2 aromatic heterocycles. The fourth-order valence-corrected chi connectivity index (χ4v) is 4.03. The molecule has 1 unspecified atom stereocenters. The normalized spacial score (nSPS) is 20.2. The Morgan fingerprint density at radius 3 is 2.84 bits per heavy atom. The van der Waals surface area contributed by atoms with Crippen LogP contribution >= 0.6 is 11.3 Å². The van der Waals surface area contributed by atoms with Gasteiger partial charge in [0.05, 0.1) is 22.9 Å². The van der Waals surface area contributed by atoms with Crippen molar-refractivity contribution in [3.05, 3.63) is 41.8 Å². The van der Waals surface area contributed by atoms with Gasteiger partial charge < -0.3 is 9.64 Å². The van der Waals surface area contributed by atoms with E-state index in [9.17, 15) is 4.79 Å². The molecule has 4 rings (SSSR count). The van der Waals surface area contributed by atoms with Gasteiger partial charge in [0.15, 0.2) is 5.82 Å². The van der Waals surface area contributed by atoms with E-state index >= 15 is 0 Å². The highest BCUT2D eigenvalue weighted by molar-refractivity contribution is 7.13. The number of benzene rings is 1. The van der Waals surface area contributed by atoms with Gasteiger partial charge in [-0.3, -0.25) is 4.79 Å². The maximum atomic E-state index is 12.2. The molecule has 1 aromatic carbocycles. The molecule has 1 aliphatic heterocycles. The standard InChI is InChI=1S/C19H19N3O2S/c1-19(18(23)24-2)9-10-22(12-19)17-13-6-3-4-7-14(13)20-16(21-17)15-8-5-11-25-15/h3-8,11H,9-10,12H2,1-2H3. The topological polar surface area (TPSA) is 55.3 Å². The smallest absolute Gasteiger partial charge is 0.313 e. The van der Waals surface area contributed by atoms with Gasteiger partial charge in [-0.25, -0.2) is 9.97 Å². The van der Waals surface area contributed by atoms with E-state index in [4.69, 9.17) is 14.7 Å². The van der Waals surface area contributed by atoms with E-state index in [1.54, 1.807) is 11.3 Å². The Balaban J connectivity index is 1.80. The molecule has 25 heavy (non-hydrogen) atoms. The summed E-state index contributed by atoms with van der Waals surface area (Å²) in [5, 5.41) is 3.04. The van der Waals surface area contributed by atoms with Crippen molar-refractivity contribution in [2.45, 2.75) is 13.3 Å². The molecule has 0 amide bonds. The molecule has 0 bridgehead atoms. The highest BCUT2D eigenvalue weighted by Gasteiger charge is 2.42. The van der Waals surface area contributed by atoms with Crippen LogP contribution in [0.2, 0.25) is 0 Å². The number of anilines is 1. The Morgan fingerprint density at radius 2 is 2.08 bits per heavy atom. The predicted octanol–water partition coefficient (Wildman–Crippen LogP) is 3.75. The van der Waals surface area contributed by atoms with Crippen molar-refractivity contribution >= 4 is 34.0 Å². The van der Waals surface area contributed by atoms with Crippen molar-refractivity contribution in [3.8, 4) is 10.7 Å². The Labute approximate surface area is 150 Å². The number of carbonyl (C=O) groups is 1. The summed E-state index contributed by atoms with van der Waals surface area (Å²) in [5.41, 5.74) is 0.423. The number of methoxy groups -OCH3 is 1. The summed E-state index contributed by atoms with van der Waals surface area (Å²) in [4.78, 5) is 24.9. The average molecular weight is 353 g/mol. The lowest BCUT2D eigenvalue weighted by molar-refractivity contribution is -0.150. The molecule has 1 atom stereocenters. The van der Waals surface area contributed by atoms with Gasteiger partial charge in [0.2, 0.25) is 0 Å². The number of aromatic nitrogens is 2. The van der Waals surface area contributed by atoms with Gasteiger partial charge >= 0.3 is 5.97 Å². The zero-order valence-electron chi connectivity index (χ0n) is 14.2. The zero-order chi connectivity index (χ0) is 17.4. The molecule has 0 saturated carbocycles. The van der Waals surface area contributed by atoms with Crippen molar-refractivity contribution in [2.24, 2.45) is 5.41 Å². The van der Waals surface area contributed by atoms with Crippen LogP contribution in [0.25, 0.3) is 21.6 Å². The van der Waals surface area contributed by atoms with Crippen molar-refractivity contribution in [1.29, 1.82) is 0 Å². The fourth-order valence-electron chi connectivity index (χ4n) is 3.37. The summed E-state index contributed by atoms with van der Waals surface area (Å²) >= 11 is 1.63. The van der Waals surface area contributed by atoms with Crippen molar-refractivity contribution in [3.63, 3.8) is 0 Å². The number of rotatable bonds is 3. The summed E-state index contributed by atoms with van der Waals surface area (Å²) in [5.74, 6) is 1.46. The van der Waals surface area contributed by atoms with Crippen molar-refractivity contribution in [1.82, 2.24) is 9.97 Å². The van der Waals surface area contributed by atoms with E-state index in [0.29, 0.717) is 6.54 Å². The predicted molar refractivity (Wildman–Crippen MR) is 99.8 cm³/mol. The number of thiophene rings is 1. The third-order valence-electron chi connectivity index (χ3n) is 4.78. The Kier molecular flexibility index (Phi) is 3.92. The Hall–Kier alpha value is -2.47. The highest BCUT2D eigenvalue weighted by Crippen LogP contribution is 2.37. The van der Waals surface area contributed by atoms with E-state index in [2.05, 4.69) is 4.90 Å². The maximum absolute atomic E-state index is 12.2. The second-order valence-electron chi connectivity index (χ2n) is 6.59. The first-order valence-electron chi connectivity index (χ1n) is 8.25. The largest absolute Gasteiger partial charge is 0.469 e. The first-order valence-corrected chi connectivity index (χ1v) is 9.13. The highest BCUT2D eigenvalue weighted by atomic mass is 32.1. The molecule has 5 nitrogen and oxygen atoms in total. The fraction of sp³-hybridized carbons (Fsp3) is 0.316. The van der Waals surface area contributed by atoms with Crippen molar-refractivity contribution in [2.75, 3.05) is 25.1 Å². The van der Waals surface area contributed by atoms with Gasteiger partial charge in [-0.05, 0) is 36.9 Å². The van der Waals surface area contributed by atoms with E-state index < -0.39 is 5.41 Å². The van der Waals surface area contributed by atoms with Gasteiger partial charge in [-0.15, -0.1) is 11.3 Å². The number of para-hydroxylation sites is 1. The summed E-state index contributed by atoms with van der Waals surface area (Å²) in [6.07, 6.45) is 0.756. The van der Waals surface area contributed by atoms with Gasteiger partial charge in [-0.2, -0.15) is 0 Å². The number of nitrogens with zero attached hydrogens (tertiary/aromatic N) is 3. The van der Waals surface area contributed by atoms with Gasteiger partial charge in [0.25, 0.3) is 0 Å². The van der Waals surface area contributed by atoms with Crippen LogP contribution < -0.4 is 4.90 Å². The minimum absolute atomic E-state index is 0.160. The van der Waals surface area contributed by atoms with E-state index in [-0.39, 0.29) is 5.97 Å². The second kappa shape index (κ2) is 6.11. The number of hydrogen-bond acceptors (Lipinski definition) is 6. The molecule has 0 aliphatic carbocycles. The Morgan fingerprint density at radius 1 is 1.24 bits per heavy atom. The van der Waals surface area contributed by atoms with Crippen LogP contribution in [0.15, 0.2) is 41.8 Å². The molecule has 0 radical (unpaired) electrons. The van der Waals surface area contributed by atoms with Crippen LogP contribution in [-0.2, 0) is 9.53 Å². The minimum Gasteiger partial charge on any atom is -0.469 e. The average Bonchev–Trinajstić information content (AvgIpc) is 3.31. The lowest BCUT2D eigenvalue weighted by Gasteiger charge is -2.23. The molecule has 1 saturated heterocycles. The number of hydrogen-bond donors (Lipinski definition) is 0. The third-order valence-corrected chi connectivity index (χ3v) is 5.64. The number of esters is 1. The molecule has 0 N–H and O–H groups in total. The van der Waals surface area contributed by atoms with Gasteiger partial charge in [0.1, 0.15) is 5.82 Å². The third kappa shape index (κ3) is 2.76. The molecule has 3 heterocycles. The summed E-state index contributed by atoms with van der Waals surface area (Å²) < 4.78 is 4.99. The molecule has 6 heteroatoms. The molecular weight excluding hydrogens is 334 g/mol. The van der Waals surface area contributed by atoms with Crippen LogP contribution in [0.1, 0.15) is 13.3 Å². The lowest BCUT2D eigenvalue weighted by Crippen LogP contribution is -2.33. The van der Waals surface area contributed by atoms with Crippen LogP contribution in [0, 0.1) is 5.41 Å².